The van der Waals surface area contributed by atoms with Crippen LogP contribution in [0.15, 0.2) is 12.1 Å². The molecule has 0 N–H and O–H groups in total. The molecule has 17 heavy (non-hydrogen) atoms. The maximum Gasteiger partial charge on any atom is 0.227 e. The SMILES string of the molecule is Cc1ccc(F)c(N2CC(CCl)CC2=O)c1Cl. The summed E-state index contributed by atoms with van der Waals surface area (Å²) in [7, 11) is 0. The summed E-state index contributed by atoms with van der Waals surface area (Å²) in [5.41, 5.74) is 0.939. The Balaban J connectivity index is 2.41. The lowest BCUT2D eigenvalue weighted by Crippen LogP contribution is -2.26. The third kappa shape index (κ3) is 2.26. The van der Waals surface area contributed by atoms with Gasteiger partial charge in [0.05, 0.1) is 10.7 Å². The van der Waals surface area contributed by atoms with Crippen molar-refractivity contribution >= 4 is 34.8 Å². The van der Waals surface area contributed by atoms with E-state index < -0.39 is 5.82 Å². The summed E-state index contributed by atoms with van der Waals surface area (Å²) in [5, 5.41) is 0.300. The monoisotopic (exact) mass is 275 g/mol. The van der Waals surface area contributed by atoms with Gasteiger partial charge < -0.3 is 4.90 Å². The number of halogens is 3. The minimum atomic E-state index is -0.468. The van der Waals surface area contributed by atoms with E-state index >= 15 is 0 Å². The van der Waals surface area contributed by atoms with Gasteiger partial charge in [-0.1, -0.05) is 17.7 Å². The molecule has 1 aliphatic rings. The second kappa shape index (κ2) is 4.83. The quantitative estimate of drug-likeness (QED) is 0.758. The fourth-order valence-corrected chi connectivity index (χ4v) is 2.45. The second-order valence-corrected chi connectivity index (χ2v) is 4.94. The molecule has 92 valence electrons. The Morgan fingerprint density at radius 2 is 2.24 bits per heavy atom. The van der Waals surface area contributed by atoms with Crippen LogP contribution in [0.2, 0.25) is 5.02 Å². The molecule has 1 fully saturated rings. The number of amides is 1. The number of rotatable bonds is 2. The minimum absolute atomic E-state index is 0.0696. The molecule has 2 nitrogen and oxygen atoms in total. The lowest BCUT2D eigenvalue weighted by atomic mass is 10.1. The van der Waals surface area contributed by atoms with E-state index in [9.17, 15) is 9.18 Å². The van der Waals surface area contributed by atoms with Gasteiger partial charge in [-0.25, -0.2) is 4.39 Å². The average Bonchev–Trinajstić information content (AvgIpc) is 2.66. The zero-order chi connectivity index (χ0) is 12.6. The first-order valence-corrected chi connectivity index (χ1v) is 6.26. The molecule has 1 saturated heterocycles. The number of carbonyl (C=O) groups excluding carboxylic acids is 1. The standard InChI is InChI=1S/C12H12Cl2FNO/c1-7-2-3-9(15)12(11(7)14)16-6-8(5-13)4-10(16)17/h2-3,8H,4-6H2,1H3. The molecular formula is C12H12Cl2FNO. The molecule has 1 aromatic carbocycles. The van der Waals surface area contributed by atoms with Crippen molar-refractivity contribution in [2.75, 3.05) is 17.3 Å². The van der Waals surface area contributed by atoms with Crippen molar-refractivity contribution in [3.8, 4) is 0 Å². The molecular weight excluding hydrogens is 264 g/mol. The Kier molecular flexibility index (Phi) is 3.59. The first kappa shape index (κ1) is 12.7. The van der Waals surface area contributed by atoms with Crippen LogP contribution in [0.5, 0.6) is 0 Å². The largest absolute Gasteiger partial charge is 0.308 e. The highest BCUT2D eigenvalue weighted by molar-refractivity contribution is 6.34. The van der Waals surface area contributed by atoms with Crippen LogP contribution < -0.4 is 4.90 Å². The molecule has 0 radical (unpaired) electrons. The van der Waals surface area contributed by atoms with Crippen molar-refractivity contribution in [3.05, 3.63) is 28.5 Å². The van der Waals surface area contributed by atoms with Gasteiger partial charge in [-0.3, -0.25) is 4.79 Å². The topological polar surface area (TPSA) is 20.3 Å². The third-order valence-corrected chi connectivity index (χ3v) is 3.87. The summed E-state index contributed by atoms with van der Waals surface area (Å²) in [6.07, 6.45) is 0.354. The van der Waals surface area contributed by atoms with Crippen molar-refractivity contribution in [3.63, 3.8) is 0 Å². The van der Waals surface area contributed by atoms with E-state index in [0.29, 0.717) is 23.9 Å². The summed E-state index contributed by atoms with van der Waals surface area (Å²) in [4.78, 5) is 13.2. The summed E-state index contributed by atoms with van der Waals surface area (Å²) in [5.74, 6) is -0.126. The van der Waals surface area contributed by atoms with Gasteiger partial charge in [0.1, 0.15) is 5.82 Å². The van der Waals surface area contributed by atoms with E-state index in [4.69, 9.17) is 23.2 Å². The average molecular weight is 276 g/mol. The molecule has 0 bridgehead atoms. The Bertz CT molecular complexity index is 464. The van der Waals surface area contributed by atoms with Crippen LogP contribution in [0, 0.1) is 18.7 Å². The van der Waals surface area contributed by atoms with Crippen molar-refractivity contribution in [1.82, 2.24) is 0 Å². The van der Waals surface area contributed by atoms with Crippen LogP contribution in [0.3, 0.4) is 0 Å². The molecule has 1 aromatic rings. The van der Waals surface area contributed by atoms with Gasteiger partial charge in [0.15, 0.2) is 0 Å². The molecule has 1 aliphatic heterocycles. The number of anilines is 1. The predicted octanol–water partition coefficient (Wildman–Crippen LogP) is 3.38. The predicted molar refractivity (Wildman–Crippen MR) is 67.3 cm³/mol. The van der Waals surface area contributed by atoms with Crippen LogP contribution in [-0.4, -0.2) is 18.3 Å². The number of hydrogen-bond donors (Lipinski definition) is 0. The van der Waals surface area contributed by atoms with E-state index in [0.717, 1.165) is 5.56 Å². The molecule has 2 rings (SSSR count). The lowest BCUT2D eigenvalue weighted by Gasteiger charge is -2.19. The number of benzene rings is 1. The zero-order valence-corrected chi connectivity index (χ0v) is 10.9. The Labute approximate surface area is 109 Å². The maximum absolute atomic E-state index is 13.8. The zero-order valence-electron chi connectivity index (χ0n) is 9.34. The van der Waals surface area contributed by atoms with Crippen molar-refractivity contribution in [2.45, 2.75) is 13.3 Å². The molecule has 0 aliphatic carbocycles. The molecule has 5 heteroatoms. The number of hydrogen-bond acceptors (Lipinski definition) is 1. The normalized spacial score (nSPS) is 20.1. The van der Waals surface area contributed by atoms with Gasteiger partial charge in [0, 0.05) is 18.8 Å². The summed E-state index contributed by atoms with van der Waals surface area (Å²) >= 11 is 11.8. The fraction of sp³-hybridized carbons (Fsp3) is 0.417. The van der Waals surface area contributed by atoms with Crippen LogP contribution in [0.25, 0.3) is 0 Å². The molecule has 1 atom stereocenters. The highest BCUT2D eigenvalue weighted by Gasteiger charge is 2.33. The first-order chi connectivity index (χ1) is 8.04. The Hall–Kier alpha value is -0.800. The maximum atomic E-state index is 13.8. The van der Waals surface area contributed by atoms with Gasteiger partial charge in [0.25, 0.3) is 0 Å². The smallest absolute Gasteiger partial charge is 0.227 e. The van der Waals surface area contributed by atoms with Crippen molar-refractivity contribution in [2.24, 2.45) is 5.92 Å². The molecule has 0 aromatic heterocycles. The number of aryl methyl sites for hydroxylation is 1. The highest BCUT2D eigenvalue weighted by Crippen LogP contribution is 2.35. The third-order valence-electron chi connectivity index (χ3n) is 2.95. The van der Waals surface area contributed by atoms with Gasteiger partial charge in [0.2, 0.25) is 5.91 Å². The van der Waals surface area contributed by atoms with Crippen LogP contribution >= 0.6 is 23.2 Å². The van der Waals surface area contributed by atoms with Crippen LogP contribution in [-0.2, 0) is 4.79 Å². The van der Waals surface area contributed by atoms with Crippen LogP contribution in [0.1, 0.15) is 12.0 Å². The Morgan fingerprint density at radius 1 is 1.53 bits per heavy atom. The van der Waals surface area contributed by atoms with E-state index in [2.05, 4.69) is 0 Å². The van der Waals surface area contributed by atoms with Crippen molar-refractivity contribution < 1.29 is 9.18 Å². The summed E-state index contributed by atoms with van der Waals surface area (Å²) in [6, 6.07) is 2.93. The van der Waals surface area contributed by atoms with Crippen LogP contribution in [0.4, 0.5) is 10.1 Å². The molecule has 1 amide bonds. The minimum Gasteiger partial charge on any atom is -0.308 e. The van der Waals surface area contributed by atoms with Gasteiger partial charge in [-0.2, -0.15) is 0 Å². The van der Waals surface area contributed by atoms with E-state index in [1.165, 1.54) is 11.0 Å². The Morgan fingerprint density at radius 3 is 2.82 bits per heavy atom. The molecule has 0 spiro atoms. The first-order valence-electron chi connectivity index (χ1n) is 5.35. The van der Waals surface area contributed by atoms with E-state index in [1.807, 2.05) is 0 Å². The fourth-order valence-electron chi connectivity index (χ4n) is 1.99. The summed E-state index contributed by atoms with van der Waals surface area (Å²) < 4.78 is 13.8. The highest BCUT2D eigenvalue weighted by atomic mass is 35.5. The number of nitrogens with zero attached hydrogens (tertiary/aromatic N) is 1. The molecule has 1 unspecified atom stereocenters. The molecule has 0 saturated carbocycles. The number of alkyl halides is 1. The number of carbonyl (C=O) groups is 1. The van der Waals surface area contributed by atoms with Gasteiger partial charge in [-0.15, -0.1) is 11.6 Å². The molecule has 1 heterocycles. The van der Waals surface area contributed by atoms with Gasteiger partial charge in [-0.05, 0) is 24.5 Å². The van der Waals surface area contributed by atoms with Gasteiger partial charge >= 0.3 is 0 Å². The van der Waals surface area contributed by atoms with Crippen molar-refractivity contribution in [1.29, 1.82) is 0 Å². The summed E-state index contributed by atoms with van der Waals surface area (Å²) in [6.45, 7) is 2.22. The lowest BCUT2D eigenvalue weighted by molar-refractivity contribution is -0.117. The second-order valence-electron chi connectivity index (χ2n) is 4.26. The van der Waals surface area contributed by atoms with E-state index in [1.54, 1.807) is 13.0 Å². The van der Waals surface area contributed by atoms with E-state index in [-0.39, 0.29) is 17.5 Å².